The Balaban J connectivity index is 2.11. The van der Waals surface area contributed by atoms with Gasteiger partial charge in [0.2, 0.25) is 0 Å². The number of aliphatic hydroxyl groups excluding tert-OH is 2. The number of unbranched alkanes of at least 4 members (excludes halogenated alkanes) is 1. The first-order valence-electron chi connectivity index (χ1n) is 6.58. The van der Waals surface area contributed by atoms with Crippen molar-refractivity contribution in [1.29, 1.82) is 0 Å². The molecule has 15 heavy (non-hydrogen) atoms. The van der Waals surface area contributed by atoms with Crippen LogP contribution in [0.4, 0.5) is 0 Å². The summed E-state index contributed by atoms with van der Waals surface area (Å²) in [5.74, 6) is 1.76. The first kappa shape index (κ1) is 13.0. The van der Waals surface area contributed by atoms with Crippen LogP contribution in [0.3, 0.4) is 0 Å². The molecule has 0 amide bonds. The summed E-state index contributed by atoms with van der Waals surface area (Å²) in [6.07, 6.45) is 11.2. The van der Waals surface area contributed by atoms with E-state index in [2.05, 4.69) is 0 Å². The van der Waals surface area contributed by atoms with Crippen LogP contribution >= 0.6 is 0 Å². The van der Waals surface area contributed by atoms with E-state index in [-0.39, 0.29) is 0 Å². The molecule has 0 spiro atoms. The van der Waals surface area contributed by atoms with Crippen LogP contribution in [0.25, 0.3) is 0 Å². The Morgan fingerprint density at radius 1 is 0.800 bits per heavy atom. The van der Waals surface area contributed by atoms with Gasteiger partial charge in [-0.3, -0.25) is 0 Å². The second-order valence-corrected chi connectivity index (χ2v) is 4.98. The highest BCUT2D eigenvalue weighted by atomic mass is 16.3. The van der Waals surface area contributed by atoms with E-state index in [0.717, 1.165) is 24.7 Å². The van der Waals surface area contributed by atoms with Crippen LogP contribution in [0.5, 0.6) is 0 Å². The lowest BCUT2D eigenvalue weighted by molar-refractivity contribution is 0.209. The van der Waals surface area contributed by atoms with E-state index in [1.165, 1.54) is 44.9 Å². The minimum atomic E-state index is 0.348. The SMILES string of the molecule is OCCCCC1CCCC(CCCO)C1. The maximum Gasteiger partial charge on any atom is 0.0431 e. The topological polar surface area (TPSA) is 40.5 Å². The zero-order valence-corrected chi connectivity index (χ0v) is 9.83. The van der Waals surface area contributed by atoms with Crippen molar-refractivity contribution in [3.8, 4) is 0 Å². The largest absolute Gasteiger partial charge is 0.396 e. The fourth-order valence-electron chi connectivity index (χ4n) is 2.85. The van der Waals surface area contributed by atoms with Gasteiger partial charge in [-0.05, 0) is 37.5 Å². The third kappa shape index (κ3) is 5.53. The Kier molecular flexibility index (Phi) is 7.03. The normalized spacial score (nSPS) is 26.8. The maximum absolute atomic E-state index is 8.81. The molecule has 0 heterocycles. The highest BCUT2D eigenvalue weighted by molar-refractivity contribution is 4.73. The van der Waals surface area contributed by atoms with Gasteiger partial charge in [-0.1, -0.05) is 32.1 Å². The third-order valence-electron chi connectivity index (χ3n) is 3.68. The van der Waals surface area contributed by atoms with Gasteiger partial charge in [0.1, 0.15) is 0 Å². The second kappa shape index (κ2) is 8.12. The van der Waals surface area contributed by atoms with Crippen LogP contribution in [-0.4, -0.2) is 23.4 Å². The van der Waals surface area contributed by atoms with Crippen molar-refractivity contribution in [2.45, 2.75) is 57.8 Å². The lowest BCUT2D eigenvalue weighted by Gasteiger charge is -2.29. The fraction of sp³-hybridized carbons (Fsp3) is 1.00. The van der Waals surface area contributed by atoms with Crippen LogP contribution in [0.1, 0.15) is 57.8 Å². The first-order chi connectivity index (χ1) is 7.36. The van der Waals surface area contributed by atoms with E-state index in [9.17, 15) is 0 Å². The molecular formula is C13H26O2. The zero-order chi connectivity index (χ0) is 10.9. The molecule has 0 aromatic heterocycles. The number of hydrogen-bond donors (Lipinski definition) is 2. The molecule has 1 saturated carbocycles. The summed E-state index contributed by atoms with van der Waals surface area (Å²) in [4.78, 5) is 0. The molecule has 1 fully saturated rings. The lowest BCUT2D eigenvalue weighted by atomic mass is 9.77. The number of hydrogen-bond acceptors (Lipinski definition) is 2. The molecule has 0 saturated heterocycles. The molecule has 0 aromatic rings. The smallest absolute Gasteiger partial charge is 0.0431 e. The Morgan fingerprint density at radius 2 is 1.40 bits per heavy atom. The second-order valence-electron chi connectivity index (χ2n) is 4.98. The molecule has 0 aliphatic heterocycles. The summed E-state index contributed by atoms with van der Waals surface area (Å²) < 4.78 is 0. The quantitative estimate of drug-likeness (QED) is 0.640. The molecule has 0 bridgehead atoms. The predicted octanol–water partition coefficient (Wildman–Crippen LogP) is 2.73. The van der Waals surface area contributed by atoms with Crippen molar-refractivity contribution in [3.05, 3.63) is 0 Å². The summed E-state index contributed by atoms with van der Waals surface area (Å²) in [5.41, 5.74) is 0. The van der Waals surface area contributed by atoms with Crippen molar-refractivity contribution >= 4 is 0 Å². The summed E-state index contributed by atoms with van der Waals surface area (Å²) in [5, 5.41) is 17.5. The first-order valence-corrected chi connectivity index (χ1v) is 6.58. The highest BCUT2D eigenvalue weighted by Gasteiger charge is 2.20. The summed E-state index contributed by atoms with van der Waals surface area (Å²) in [6, 6.07) is 0. The van der Waals surface area contributed by atoms with Crippen LogP contribution in [0.15, 0.2) is 0 Å². The Hall–Kier alpha value is -0.0800. The van der Waals surface area contributed by atoms with Crippen LogP contribution in [-0.2, 0) is 0 Å². The van der Waals surface area contributed by atoms with E-state index in [1.54, 1.807) is 0 Å². The number of aliphatic hydroxyl groups is 2. The van der Waals surface area contributed by atoms with Crippen LogP contribution in [0, 0.1) is 11.8 Å². The molecular weight excluding hydrogens is 188 g/mol. The molecule has 2 heteroatoms. The Morgan fingerprint density at radius 3 is 2.00 bits per heavy atom. The molecule has 1 aliphatic carbocycles. The molecule has 1 rings (SSSR count). The number of rotatable bonds is 7. The van der Waals surface area contributed by atoms with Gasteiger partial charge in [-0.25, -0.2) is 0 Å². The summed E-state index contributed by atoms with van der Waals surface area (Å²) in [6.45, 7) is 0.701. The molecule has 1 aliphatic rings. The van der Waals surface area contributed by atoms with E-state index >= 15 is 0 Å². The molecule has 2 N–H and O–H groups in total. The Labute approximate surface area is 93.7 Å². The minimum absolute atomic E-state index is 0.348. The van der Waals surface area contributed by atoms with Crippen LogP contribution in [0.2, 0.25) is 0 Å². The van der Waals surface area contributed by atoms with E-state index in [4.69, 9.17) is 10.2 Å². The van der Waals surface area contributed by atoms with Crippen molar-refractivity contribution in [1.82, 2.24) is 0 Å². The molecule has 2 nitrogen and oxygen atoms in total. The summed E-state index contributed by atoms with van der Waals surface area (Å²) in [7, 11) is 0. The summed E-state index contributed by atoms with van der Waals surface area (Å²) >= 11 is 0. The molecule has 2 atom stereocenters. The molecule has 2 unspecified atom stereocenters. The van der Waals surface area contributed by atoms with Crippen molar-refractivity contribution in [2.24, 2.45) is 11.8 Å². The average molecular weight is 214 g/mol. The van der Waals surface area contributed by atoms with Gasteiger partial charge in [0, 0.05) is 13.2 Å². The van der Waals surface area contributed by atoms with Gasteiger partial charge in [-0.15, -0.1) is 0 Å². The van der Waals surface area contributed by atoms with Gasteiger partial charge in [0.25, 0.3) is 0 Å². The predicted molar refractivity (Wildman–Crippen MR) is 62.7 cm³/mol. The van der Waals surface area contributed by atoms with Gasteiger partial charge in [0.15, 0.2) is 0 Å². The Bertz CT molecular complexity index is 147. The monoisotopic (exact) mass is 214 g/mol. The van der Waals surface area contributed by atoms with E-state index < -0.39 is 0 Å². The maximum atomic E-state index is 8.81. The molecule has 90 valence electrons. The van der Waals surface area contributed by atoms with Gasteiger partial charge in [0.05, 0.1) is 0 Å². The van der Waals surface area contributed by atoms with E-state index in [0.29, 0.717) is 13.2 Å². The van der Waals surface area contributed by atoms with Crippen LogP contribution < -0.4 is 0 Å². The average Bonchev–Trinajstić information content (AvgIpc) is 2.27. The third-order valence-corrected chi connectivity index (χ3v) is 3.68. The van der Waals surface area contributed by atoms with Gasteiger partial charge < -0.3 is 10.2 Å². The van der Waals surface area contributed by atoms with Crippen molar-refractivity contribution < 1.29 is 10.2 Å². The molecule has 0 aromatic carbocycles. The fourth-order valence-corrected chi connectivity index (χ4v) is 2.85. The lowest BCUT2D eigenvalue weighted by Crippen LogP contribution is -2.16. The zero-order valence-electron chi connectivity index (χ0n) is 9.83. The molecule has 0 radical (unpaired) electrons. The minimum Gasteiger partial charge on any atom is -0.396 e. The van der Waals surface area contributed by atoms with Crippen molar-refractivity contribution in [3.63, 3.8) is 0 Å². The highest BCUT2D eigenvalue weighted by Crippen LogP contribution is 2.34. The van der Waals surface area contributed by atoms with Gasteiger partial charge >= 0.3 is 0 Å². The van der Waals surface area contributed by atoms with E-state index in [1.807, 2.05) is 0 Å². The van der Waals surface area contributed by atoms with Crippen molar-refractivity contribution in [2.75, 3.05) is 13.2 Å². The van der Waals surface area contributed by atoms with Gasteiger partial charge in [-0.2, -0.15) is 0 Å². The standard InChI is InChI=1S/C13H26O2/c14-9-2-1-5-12-6-3-7-13(11-12)8-4-10-15/h12-15H,1-11H2.